The smallest absolute Gasteiger partial charge is 0.322 e. The fourth-order valence-corrected chi connectivity index (χ4v) is 3.67. The maximum absolute atomic E-state index is 12.7. The second kappa shape index (κ2) is 6.92. The summed E-state index contributed by atoms with van der Waals surface area (Å²) in [6, 6.07) is 6.66. The second-order valence-corrected chi connectivity index (χ2v) is 6.40. The number of thiophene rings is 1. The minimum atomic E-state index is -0.550. The summed E-state index contributed by atoms with van der Waals surface area (Å²) in [6.45, 7) is 0.699. The zero-order valence-electron chi connectivity index (χ0n) is 13.3. The minimum absolute atomic E-state index is 0.0848. The molecule has 0 spiro atoms. The van der Waals surface area contributed by atoms with Crippen LogP contribution in [-0.4, -0.2) is 30.5 Å². The first kappa shape index (κ1) is 16.3. The number of nitrogens with two attached hydrogens (primary N) is 1. The van der Waals surface area contributed by atoms with Gasteiger partial charge in [0.2, 0.25) is 5.91 Å². The van der Waals surface area contributed by atoms with E-state index < -0.39 is 5.91 Å². The average molecular weight is 345 g/mol. The number of likely N-dealkylation sites (tertiary alicyclic amines) is 1. The van der Waals surface area contributed by atoms with E-state index in [0.29, 0.717) is 23.5 Å². The number of methoxy groups -OCH3 is 1. The van der Waals surface area contributed by atoms with Crippen molar-refractivity contribution in [3.05, 3.63) is 46.2 Å². The first-order chi connectivity index (χ1) is 11.6. The van der Waals surface area contributed by atoms with E-state index in [9.17, 15) is 9.59 Å². The van der Waals surface area contributed by atoms with Crippen LogP contribution in [0.4, 0.5) is 10.5 Å². The Morgan fingerprint density at radius 1 is 1.38 bits per heavy atom. The molecule has 1 atom stereocenters. The van der Waals surface area contributed by atoms with Gasteiger partial charge >= 0.3 is 6.03 Å². The molecule has 3 N–H and O–H groups in total. The quantitative estimate of drug-likeness (QED) is 0.892. The lowest BCUT2D eigenvalue weighted by Gasteiger charge is -2.25. The Hall–Kier alpha value is -2.54. The maximum Gasteiger partial charge on any atom is 0.322 e. The highest BCUT2D eigenvalue weighted by atomic mass is 32.1. The molecular weight excluding hydrogens is 326 g/mol. The lowest BCUT2D eigenvalue weighted by molar-refractivity contribution is 0.1000. The van der Waals surface area contributed by atoms with Gasteiger partial charge in [-0.05, 0) is 53.4 Å². The van der Waals surface area contributed by atoms with Crippen LogP contribution in [0.25, 0.3) is 0 Å². The Labute approximate surface area is 144 Å². The Bertz CT molecular complexity index is 746. The summed E-state index contributed by atoms with van der Waals surface area (Å²) in [7, 11) is 1.51. The molecule has 0 bridgehead atoms. The van der Waals surface area contributed by atoms with Crippen LogP contribution in [0, 0.1) is 0 Å². The molecule has 0 aliphatic carbocycles. The molecule has 2 aromatic rings. The van der Waals surface area contributed by atoms with Crippen molar-refractivity contribution >= 4 is 29.0 Å². The highest BCUT2D eigenvalue weighted by Crippen LogP contribution is 2.34. The number of amides is 3. The highest BCUT2D eigenvalue weighted by Gasteiger charge is 2.30. The van der Waals surface area contributed by atoms with Gasteiger partial charge in [0.15, 0.2) is 0 Å². The molecule has 1 aliphatic rings. The van der Waals surface area contributed by atoms with Crippen LogP contribution in [0.3, 0.4) is 0 Å². The molecule has 0 unspecified atom stereocenters. The van der Waals surface area contributed by atoms with Gasteiger partial charge in [0, 0.05) is 12.1 Å². The molecule has 6 nitrogen and oxygen atoms in total. The van der Waals surface area contributed by atoms with Crippen LogP contribution in [0.5, 0.6) is 5.75 Å². The standard InChI is InChI=1S/C17H19N3O3S/c1-23-15-5-4-11(16(18)21)9-13(15)19-17(22)20-7-2-3-14(20)12-6-8-24-10-12/h4-6,8-10,14H,2-3,7H2,1H3,(H2,18,21)(H,19,22)/t14-/m0/s1. The molecule has 0 saturated carbocycles. The number of rotatable bonds is 4. The number of hydrogen-bond donors (Lipinski definition) is 2. The Balaban J connectivity index is 1.81. The third-order valence-electron chi connectivity index (χ3n) is 4.17. The number of nitrogens with zero attached hydrogens (tertiary/aromatic N) is 1. The number of nitrogens with one attached hydrogen (secondary N) is 1. The van der Waals surface area contributed by atoms with Gasteiger partial charge in [-0.25, -0.2) is 4.79 Å². The average Bonchev–Trinajstić information content (AvgIpc) is 3.25. The molecule has 1 fully saturated rings. The predicted molar refractivity (Wildman–Crippen MR) is 93.5 cm³/mol. The summed E-state index contributed by atoms with van der Waals surface area (Å²) in [5.41, 5.74) is 7.23. The summed E-state index contributed by atoms with van der Waals surface area (Å²) < 4.78 is 5.26. The van der Waals surface area contributed by atoms with Gasteiger partial charge in [0.1, 0.15) is 5.75 Å². The van der Waals surface area contributed by atoms with Crippen molar-refractivity contribution in [2.75, 3.05) is 19.0 Å². The van der Waals surface area contributed by atoms with Crippen LogP contribution < -0.4 is 15.8 Å². The summed E-state index contributed by atoms with van der Waals surface area (Å²) in [4.78, 5) is 25.9. The molecule has 126 valence electrons. The van der Waals surface area contributed by atoms with E-state index in [2.05, 4.69) is 16.8 Å². The molecule has 1 saturated heterocycles. The number of anilines is 1. The van der Waals surface area contributed by atoms with Crippen LogP contribution in [-0.2, 0) is 0 Å². The van der Waals surface area contributed by atoms with Crippen molar-refractivity contribution in [2.24, 2.45) is 5.73 Å². The lowest BCUT2D eigenvalue weighted by atomic mass is 10.1. The maximum atomic E-state index is 12.7. The van der Waals surface area contributed by atoms with Crippen LogP contribution in [0.1, 0.15) is 34.8 Å². The van der Waals surface area contributed by atoms with E-state index in [1.54, 1.807) is 23.5 Å². The molecule has 1 aromatic heterocycles. The monoisotopic (exact) mass is 345 g/mol. The van der Waals surface area contributed by atoms with E-state index >= 15 is 0 Å². The molecule has 7 heteroatoms. The van der Waals surface area contributed by atoms with Gasteiger partial charge in [0.25, 0.3) is 0 Å². The van der Waals surface area contributed by atoms with Gasteiger partial charge in [-0.1, -0.05) is 0 Å². The van der Waals surface area contributed by atoms with Crippen molar-refractivity contribution in [1.29, 1.82) is 0 Å². The topological polar surface area (TPSA) is 84.7 Å². The molecule has 3 rings (SSSR count). The zero-order chi connectivity index (χ0) is 17.1. The molecule has 24 heavy (non-hydrogen) atoms. The van der Waals surface area contributed by atoms with Gasteiger partial charge in [-0.2, -0.15) is 11.3 Å². The van der Waals surface area contributed by atoms with Gasteiger partial charge in [-0.3, -0.25) is 4.79 Å². The SMILES string of the molecule is COc1ccc(C(N)=O)cc1NC(=O)N1CCC[C@H]1c1ccsc1. The van der Waals surface area contributed by atoms with Crippen LogP contribution in [0.15, 0.2) is 35.0 Å². The van der Waals surface area contributed by atoms with E-state index in [1.807, 2.05) is 10.3 Å². The first-order valence-electron chi connectivity index (χ1n) is 7.67. The molecule has 2 heterocycles. The first-order valence-corrected chi connectivity index (χ1v) is 8.62. The second-order valence-electron chi connectivity index (χ2n) is 5.62. The predicted octanol–water partition coefficient (Wildman–Crippen LogP) is 3.22. The van der Waals surface area contributed by atoms with E-state index in [-0.39, 0.29) is 12.1 Å². The van der Waals surface area contributed by atoms with Gasteiger partial charge < -0.3 is 20.7 Å². The van der Waals surface area contributed by atoms with E-state index in [0.717, 1.165) is 18.4 Å². The Morgan fingerprint density at radius 2 is 2.21 bits per heavy atom. The van der Waals surface area contributed by atoms with Crippen LogP contribution >= 0.6 is 11.3 Å². The summed E-state index contributed by atoms with van der Waals surface area (Å²) in [5, 5.41) is 6.94. The summed E-state index contributed by atoms with van der Waals surface area (Å²) in [6.07, 6.45) is 1.91. The molecule has 1 aliphatic heterocycles. The Kier molecular flexibility index (Phi) is 4.71. The number of carbonyl (C=O) groups excluding carboxylic acids is 2. The van der Waals surface area contributed by atoms with Crippen LogP contribution in [0.2, 0.25) is 0 Å². The highest BCUT2D eigenvalue weighted by molar-refractivity contribution is 7.08. The fourth-order valence-electron chi connectivity index (χ4n) is 2.97. The lowest BCUT2D eigenvalue weighted by Crippen LogP contribution is -2.34. The molecule has 1 aromatic carbocycles. The van der Waals surface area contributed by atoms with Gasteiger partial charge in [0.05, 0.1) is 18.8 Å². The van der Waals surface area contributed by atoms with E-state index in [4.69, 9.17) is 10.5 Å². The number of primary amides is 1. The van der Waals surface area contributed by atoms with Crippen molar-refractivity contribution in [2.45, 2.75) is 18.9 Å². The fraction of sp³-hybridized carbons (Fsp3) is 0.294. The number of hydrogen-bond acceptors (Lipinski definition) is 4. The normalized spacial score (nSPS) is 16.9. The van der Waals surface area contributed by atoms with Crippen molar-refractivity contribution in [1.82, 2.24) is 4.90 Å². The zero-order valence-corrected chi connectivity index (χ0v) is 14.1. The largest absolute Gasteiger partial charge is 0.495 e. The van der Waals surface area contributed by atoms with Crippen molar-refractivity contribution < 1.29 is 14.3 Å². The number of carbonyl (C=O) groups is 2. The van der Waals surface area contributed by atoms with Crippen molar-refractivity contribution in [3.8, 4) is 5.75 Å². The molecule has 0 radical (unpaired) electrons. The van der Waals surface area contributed by atoms with Crippen molar-refractivity contribution in [3.63, 3.8) is 0 Å². The van der Waals surface area contributed by atoms with E-state index in [1.165, 1.54) is 13.2 Å². The molecule has 3 amide bonds. The summed E-state index contributed by atoms with van der Waals surface area (Å²) in [5.74, 6) is -0.0647. The van der Waals surface area contributed by atoms with Gasteiger partial charge in [-0.15, -0.1) is 0 Å². The number of urea groups is 1. The number of benzene rings is 1. The third kappa shape index (κ3) is 3.21. The third-order valence-corrected chi connectivity index (χ3v) is 4.87. The Morgan fingerprint density at radius 3 is 2.88 bits per heavy atom. The minimum Gasteiger partial charge on any atom is -0.495 e. The number of ether oxygens (including phenoxy) is 1. The summed E-state index contributed by atoms with van der Waals surface area (Å²) >= 11 is 1.63. The molecular formula is C17H19N3O3S.